The Kier molecular flexibility index (Phi) is 6.79. The maximum absolute atomic E-state index is 12.8. The molecule has 0 atom stereocenters. The molecule has 0 bridgehead atoms. The summed E-state index contributed by atoms with van der Waals surface area (Å²) in [5.41, 5.74) is 1.84. The zero-order chi connectivity index (χ0) is 17.6. The summed E-state index contributed by atoms with van der Waals surface area (Å²) < 4.78 is 0. The monoisotopic (exact) mass is 318 g/mol. The van der Waals surface area contributed by atoms with Crippen molar-refractivity contribution in [2.75, 3.05) is 18.4 Å². The van der Waals surface area contributed by atoms with E-state index in [4.69, 9.17) is 0 Å². The minimum absolute atomic E-state index is 0.107. The molecule has 23 heavy (non-hydrogen) atoms. The quantitative estimate of drug-likeness (QED) is 0.775. The summed E-state index contributed by atoms with van der Waals surface area (Å²) in [6, 6.07) is 5.79. The van der Waals surface area contributed by atoms with Crippen LogP contribution in [0.5, 0.6) is 0 Å². The Balaban J connectivity index is 2.95. The number of amides is 2. The Bertz CT molecular complexity index is 558. The van der Waals surface area contributed by atoms with Gasteiger partial charge in [-0.15, -0.1) is 0 Å². The summed E-state index contributed by atoms with van der Waals surface area (Å²) in [6.45, 7) is 12.8. The van der Waals surface area contributed by atoms with E-state index in [1.807, 2.05) is 45.9 Å². The number of benzene rings is 1. The van der Waals surface area contributed by atoms with Crippen LogP contribution in [0.1, 0.15) is 51.7 Å². The number of anilines is 1. The third kappa shape index (κ3) is 4.57. The molecule has 0 radical (unpaired) electrons. The van der Waals surface area contributed by atoms with Gasteiger partial charge in [0.15, 0.2) is 0 Å². The number of aryl methyl sites for hydroxylation is 1. The number of rotatable bonds is 7. The topological polar surface area (TPSA) is 49.4 Å². The lowest BCUT2D eigenvalue weighted by Crippen LogP contribution is -2.48. The molecule has 0 saturated heterocycles. The van der Waals surface area contributed by atoms with Crippen molar-refractivity contribution in [2.24, 2.45) is 5.41 Å². The Morgan fingerprint density at radius 3 is 2.17 bits per heavy atom. The fraction of sp³-hybridized carbons (Fsp3) is 0.579. The summed E-state index contributed by atoms with van der Waals surface area (Å²) in [6.07, 6.45) is 1.78. The van der Waals surface area contributed by atoms with E-state index in [-0.39, 0.29) is 11.8 Å². The van der Waals surface area contributed by atoms with Gasteiger partial charge in [0, 0.05) is 18.8 Å². The minimum Gasteiger partial charge on any atom is -0.342 e. The molecule has 2 amide bonds. The van der Waals surface area contributed by atoms with Crippen LogP contribution in [0, 0.1) is 19.3 Å². The lowest BCUT2D eigenvalue weighted by Gasteiger charge is -2.31. The van der Waals surface area contributed by atoms with E-state index in [2.05, 4.69) is 5.32 Å². The average molecular weight is 318 g/mol. The molecule has 0 aromatic heterocycles. The third-order valence-electron chi connectivity index (χ3n) is 4.23. The molecule has 0 fully saturated rings. The predicted molar refractivity (Wildman–Crippen MR) is 95.5 cm³/mol. The normalized spacial score (nSPS) is 11.2. The first-order valence-electron chi connectivity index (χ1n) is 8.42. The molecule has 0 saturated carbocycles. The largest absolute Gasteiger partial charge is 0.342 e. The van der Waals surface area contributed by atoms with Gasteiger partial charge in [-0.2, -0.15) is 0 Å². The van der Waals surface area contributed by atoms with Crippen LogP contribution in [0.3, 0.4) is 0 Å². The number of hydrogen-bond donors (Lipinski definition) is 1. The van der Waals surface area contributed by atoms with Gasteiger partial charge in [-0.05, 0) is 57.7 Å². The smallest absolute Gasteiger partial charge is 0.239 e. The Morgan fingerprint density at radius 2 is 1.65 bits per heavy atom. The molecule has 0 aliphatic carbocycles. The number of nitrogens with one attached hydrogen (secondary N) is 1. The average Bonchev–Trinajstić information content (AvgIpc) is 2.50. The van der Waals surface area contributed by atoms with Gasteiger partial charge in [0.05, 0.1) is 0 Å². The molecule has 4 nitrogen and oxygen atoms in total. The van der Waals surface area contributed by atoms with Gasteiger partial charge >= 0.3 is 0 Å². The third-order valence-corrected chi connectivity index (χ3v) is 4.23. The summed E-state index contributed by atoms with van der Waals surface area (Å²) >= 11 is 0. The maximum atomic E-state index is 12.8. The second-order valence-electron chi connectivity index (χ2n) is 6.62. The van der Waals surface area contributed by atoms with E-state index in [0.29, 0.717) is 13.1 Å². The highest BCUT2D eigenvalue weighted by Gasteiger charge is 2.39. The molecular weight excluding hydrogens is 288 g/mol. The molecule has 0 aliphatic heterocycles. The van der Waals surface area contributed by atoms with Crippen molar-refractivity contribution in [3.63, 3.8) is 0 Å². The van der Waals surface area contributed by atoms with Crippen LogP contribution >= 0.6 is 0 Å². The number of nitrogens with zero attached hydrogens (tertiary/aromatic N) is 1. The van der Waals surface area contributed by atoms with Gasteiger partial charge in [-0.3, -0.25) is 9.59 Å². The van der Waals surface area contributed by atoms with E-state index in [9.17, 15) is 9.59 Å². The molecule has 0 aliphatic rings. The van der Waals surface area contributed by atoms with Crippen LogP contribution in [0.15, 0.2) is 18.2 Å². The van der Waals surface area contributed by atoms with E-state index in [1.54, 1.807) is 18.7 Å². The lowest BCUT2D eigenvalue weighted by molar-refractivity contribution is -0.146. The first kappa shape index (κ1) is 19.2. The summed E-state index contributed by atoms with van der Waals surface area (Å²) in [5.74, 6) is -0.364. The Labute approximate surface area is 140 Å². The minimum atomic E-state index is -1.08. The van der Waals surface area contributed by atoms with Gasteiger partial charge in [0.2, 0.25) is 11.8 Å². The molecule has 128 valence electrons. The zero-order valence-corrected chi connectivity index (χ0v) is 15.3. The fourth-order valence-corrected chi connectivity index (χ4v) is 2.51. The highest BCUT2D eigenvalue weighted by atomic mass is 16.2. The first-order chi connectivity index (χ1) is 10.8. The number of carbonyl (C=O) groups is 2. The van der Waals surface area contributed by atoms with Crippen LogP contribution in [0.2, 0.25) is 0 Å². The summed E-state index contributed by atoms with van der Waals surface area (Å²) in [4.78, 5) is 27.3. The van der Waals surface area contributed by atoms with Crippen LogP contribution < -0.4 is 5.32 Å². The summed E-state index contributed by atoms with van der Waals surface area (Å²) in [7, 11) is 0. The van der Waals surface area contributed by atoms with E-state index >= 15 is 0 Å². The van der Waals surface area contributed by atoms with Crippen molar-refractivity contribution in [2.45, 2.75) is 54.4 Å². The SMILES string of the molecule is CCCN(CCC)C(=O)C(C)(C)C(=O)Nc1cccc(C)c1C. The van der Waals surface area contributed by atoms with Crippen molar-refractivity contribution >= 4 is 17.5 Å². The molecule has 0 unspecified atom stereocenters. The van der Waals surface area contributed by atoms with Crippen molar-refractivity contribution in [1.82, 2.24) is 4.90 Å². The predicted octanol–water partition coefficient (Wildman–Crippen LogP) is 3.92. The molecular formula is C19H30N2O2. The van der Waals surface area contributed by atoms with Crippen LogP contribution in [-0.2, 0) is 9.59 Å². The lowest BCUT2D eigenvalue weighted by atomic mass is 9.89. The molecule has 1 N–H and O–H groups in total. The van der Waals surface area contributed by atoms with E-state index in [1.165, 1.54) is 0 Å². The highest BCUT2D eigenvalue weighted by Crippen LogP contribution is 2.25. The van der Waals surface area contributed by atoms with Gasteiger partial charge in [0.25, 0.3) is 0 Å². The van der Waals surface area contributed by atoms with E-state index in [0.717, 1.165) is 29.7 Å². The highest BCUT2D eigenvalue weighted by molar-refractivity contribution is 6.10. The van der Waals surface area contributed by atoms with Crippen LogP contribution in [-0.4, -0.2) is 29.8 Å². The molecule has 0 heterocycles. The standard InChI is InChI=1S/C19H30N2O2/c1-7-12-21(13-8-2)18(23)19(5,6)17(22)20-16-11-9-10-14(3)15(16)4/h9-11H,7-8,12-13H2,1-6H3,(H,20,22). The van der Waals surface area contributed by atoms with E-state index < -0.39 is 5.41 Å². The molecule has 0 spiro atoms. The zero-order valence-electron chi connectivity index (χ0n) is 15.3. The van der Waals surface area contributed by atoms with Crippen molar-refractivity contribution in [3.8, 4) is 0 Å². The first-order valence-corrected chi connectivity index (χ1v) is 8.42. The van der Waals surface area contributed by atoms with Gasteiger partial charge in [-0.25, -0.2) is 0 Å². The number of carbonyl (C=O) groups excluding carboxylic acids is 2. The van der Waals surface area contributed by atoms with Crippen LogP contribution in [0.25, 0.3) is 0 Å². The summed E-state index contributed by atoms with van der Waals surface area (Å²) in [5, 5.41) is 2.92. The molecule has 4 heteroatoms. The molecule has 1 aromatic rings. The Morgan fingerprint density at radius 1 is 1.09 bits per heavy atom. The second-order valence-corrected chi connectivity index (χ2v) is 6.62. The second kappa shape index (κ2) is 8.14. The van der Waals surface area contributed by atoms with Gasteiger partial charge < -0.3 is 10.2 Å². The fourth-order valence-electron chi connectivity index (χ4n) is 2.51. The van der Waals surface area contributed by atoms with Crippen molar-refractivity contribution in [3.05, 3.63) is 29.3 Å². The molecule has 1 aromatic carbocycles. The van der Waals surface area contributed by atoms with Crippen molar-refractivity contribution < 1.29 is 9.59 Å². The van der Waals surface area contributed by atoms with Gasteiger partial charge in [0.1, 0.15) is 5.41 Å². The maximum Gasteiger partial charge on any atom is 0.239 e. The Hall–Kier alpha value is -1.84. The number of hydrogen-bond acceptors (Lipinski definition) is 2. The van der Waals surface area contributed by atoms with Crippen LogP contribution in [0.4, 0.5) is 5.69 Å². The van der Waals surface area contributed by atoms with Gasteiger partial charge in [-0.1, -0.05) is 26.0 Å². The van der Waals surface area contributed by atoms with Crippen molar-refractivity contribution in [1.29, 1.82) is 0 Å². The molecule has 1 rings (SSSR count).